The smallest absolute Gasteiger partial charge is 0.271 e. The van der Waals surface area contributed by atoms with Gasteiger partial charge in [-0.1, -0.05) is 22.5 Å². The van der Waals surface area contributed by atoms with E-state index in [1.807, 2.05) is 0 Å². The van der Waals surface area contributed by atoms with E-state index in [1.54, 1.807) is 0 Å². The van der Waals surface area contributed by atoms with E-state index in [2.05, 4.69) is 22.5 Å². The minimum atomic E-state index is -4.11. The SMILES string of the molecule is C=C(Br)COc1ccc([N+](=O)[O-])cc1S(N)(=O)=O. The molecule has 0 aliphatic heterocycles. The van der Waals surface area contributed by atoms with Crippen LogP contribution in [0.15, 0.2) is 34.2 Å². The van der Waals surface area contributed by atoms with Crippen LogP contribution in [0, 0.1) is 10.1 Å². The predicted molar refractivity (Wildman–Crippen MR) is 68.0 cm³/mol. The molecule has 98 valence electrons. The Labute approximate surface area is 112 Å². The fourth-order valence-corrected chi connectivity index (χ4v) is 1.91. The summed E-state index contributed by atoms with van der Waals surface area (Å²) in [6.07, 6.45) is 0. The van der Waals surface area contributed by atoms with Crippen LogP contribution in [0.3, 0.4) is 0 Å². The normalized spacial score (nSPS) is 11.0. The summed E-state index contributed by atoms with van der Waals surface area (Å²) < 4.78 is 28.2. The van der Waals surface area contributed by atoms with Gasteiger partial charge in [0, 0.05) is 16.6 Å². The lowest BCUT2D eigenvalue weighted by Gasteiger charge is -2.09. The van der Waals surface area contributed by atoms with E-state index in [9.17, 15) is 18.5 Å². The zero-order valence-electron chi connectivity index (χ0n) is 9.00. The molecule has 0 heterocycles. The maximum absolute atomic E-state index is 11.3. The lowest BCUT2D eigenvalue weighted by atomic mass is 10.3. The maximum atomic E-state index is 11.3. The molecular weight excluding hydrogens is 328 g/mol. The van der Waals surface area contributed by atoms with Gasteiger partial charge >= 0.3 is 0 Å². The average Bonchev–Trinajstić information content (AvgIpc) is 2.24. The van der Waals surface area contributed by atoms with Gasteiger partial charge in [0.1, 0.15) is 17.3 Å². The summed E-state index contributed by atoms with van der Waals surface area (Å²) in [6, 6.07) is 3.15. The molecule has 1 aromatic rings. The van der Waals surface area contributed by atoms with Crippen molar-refractivity contribution < 1.29 is 18.1 Å². The summed E-state index contributed by atoms with van der Waals surface area (Å²) in [4.78, 5) is 9.41. The number of nitro benzene ring substituents is 1. The van der Waals surface area contributed by atoms with Crippen molar-refractivity contribution in [3.05, 3.63) is 39.4 Å². The lowest BCUT2D eigenvalue weighted by Crippen LogP contribution is -2.14. The Kier molecular flexibility index (Phi) is 4.43. The molecule has 0 spiro atoms. The average molecular weight is 337 g/mol. The highest BCUT2D eigenvalue weighted by Gasteiger charge is 2.20. The molecule has 1 aromatic carbocycles. The van der Waals surface area contributed by atoms with Crippen molar-refractivity contribution >= 4 is 31.6 Å². The number of nitro groups is 1. The Hall–Kier alpha value is -1.45. The first-order valence-corrected chi connectivity index (χ1v) is 6.83. The van der Waals surface area contributed by atoms with Gasteiger partial charge in [0.25, 0.3) is 5.69 Å². The number of hydrogen-bond donors (Lipinski definition) is 1. The Morgan fingerprint density at radius 3 is 2.61 bits per heavy atom. The molecule has 1 rings (SSSR count). The molecule has 0 unspecified atom stereocenters. The Bertz CT molecular complexity index is 599. The summed E-state index contributed by atoms with van der Waals surface area (Å²) in [7, 11) is -4.11. The minimum Gasteiger partial charge on any atom is -0.487 e. The largest absolute Gasteiger partial charge is 0.487 e. The van der Waals surface area contributed by atoms with E-state index in [0.717, 1.165) is 12.1 Å². The molecule has 0 radical (unpaired) electrons. The molecule has 2 N–H and O–H groups in total. The maximum Gasteiger partial charge on any atom is 0.271 e. The highest BCUT2D eigenvalue weighted by Crippen LogP contribution is 2.27. The van der Waals surface area contributed by atoms with Crippen molar-refractivity contribution in [2.24, 2.45) is 5.14 Å². The molecule has 0 atom stereocenters. The fraction of sp³-hybridized carbons (Fsp3) is 0.111. The van der Waals surface area contributed by atoms with Crippen LogP contribution in [-0.2, 0) is 10.0 Å². The van der Waals surface area contributed by atoms with Crippen molar-refractivity contribution in [3.8, 4) is 5.75 Å². The van der Waals surface area contributed by atoms with Crippen LogP contribution in [0.4, 0.5) is 5.69 Å². The van der Waals surface area contributed by atoms with E-state index < -0.39 is 19.8 Å². The third kappa shape index (κ3) is 3.79. The van der Waals surface area contributed by atoms with Crippen LogP contribution < -0.4 is 9.88 Å². The molecule has 7 nitrogen and oxygen atoms in total. The van der Waals surface area contributed by atoms with Gasteiger partial charge in [0.2, 0.25) is 10.0 Å². The number of nitrogens with two attached hydrogens (primary N) is 1. The van der Waals surface area contributed by atoms with Gasteiger partial charge in [0.05, 0.1) is 4.92 Å². The summed E-state index contributed by atoms with van der Waals surface area (Å²) in [5.41, 5.74) is -0.385. The molecule has 0 aromatic heterocycles. The zero-order valence-corrected chi connectivity index (χ0v) is 11.4. The molecular formula is C9H9BrN2O5S. The van der Waals surface area contributed by atoms with Crippen molar-refractivity contribution in [1.29, 1.82) is 0 Å². The first-order valence-electron chi connectivity index (χ1n) is 4.49. The van der Waals surface area contributed by atoms with E-state index in [1.165, 1.54) is 6.07 Å². The zero-order chi connectivity index (χ0) is 13.9. The lowest BCUT2D eigenvalue weighted by molar-refractivity contribution is -0.385. The number of hydrogen-bond acceptors (Lipinski definition) is 5. The number of rotatable bonds is 5. The number of primary sulfonamides is 1. The van der Waals surface area contributed by atoms with Crippen molar-refractivity contribution in [2.75, 3.05) is 6.61 Å². The molecule has 18 heavy (non-hydrogen) atoms. The molecule has 0 saturated carbocycles. The second kappa shape index (κ2) is 5.46. The van der Waals surface area contributed by atoms with Crippen LogP contribution in [0.2, 0.25) is 0 Å². The number of ether oxygens (including phenoxy) is 1. The first-order chi connectivity index (χ1) is 8.21. The molecule has 0 fully saturated rings. The predicted octanol–water partition coefficient (Wildman–Crippen LogP) is 1.53. The van der Waals surface area contributed by atoms with E-state index in [0.29, 0.717) is 4.48 Å². The van der Waals surface area contributed by atoms with Gasteiger partial charge < -0.3 is 4.74 Å². The standard InChI is InChI=1S/C9H9BrN2O5S/c1-6(10)5-17-8-3-2-7(12(13)14)4-9(8)18(11,15)16/h2-4H,1,5H2,(H2,11,15,16). The second-order valence-corrected chi connectivity index (χ2v) is 5.89. The molecule has 0 aliphatic carbocycles. The van der Waals surface area contributed by atoms with Gasteiger partial charge in [-0.25, -0.2) is 13.6 Å². The Morgan fingerprint density at radius 2 is 2.17 bits per heavy atom. The quantitative estimate of drug-likeness (QED) is 0.647. The minimum absolute atomic E-state index is 0.0142. The fourth-order valence-electron chi connectivity index (χ4n) is 1.11. The third-order valence-corrected chi connectivity index (χ3v) is 2.99. The monoisotopic (exact) mass is 336 g/mol. The van der Waals surface area contributed by atoms with E-state index >= 15 is 0 Å². The third-order valence-electron chi connectivity index (χ3n) is 1.83. The second-order valence-electron chi connectivity index (χ2n) is 3.24. The van der Waals surface area contributed by atoms with E-state index in [-0.39, 0.29) is 18.0 Å². The van der Waals surface area contributed by atoms with Crippen molar-refractivity contribution in [3.63, 3.8) is 0 Å². The van der Waals surface area contributed by atoms with Crippen molar-refractivity contribution in [1.82, 2.24) is 0 Å². The highest BCUT2D eigenvalue weighted by molar-refractivity contribution is 9.11. The van der Waals surface area contributed by atoms with Gasteiger partial charge in [-0.05, 0) is 6.07 Å². The number of nitrogens with zero attached hydrogens (tertiary/aromatic N) is 1. The number of halogens is 1. The number of sulfonamides is 1. The summed E-state index contributed by atoms with van der Waals surface area (Å²) in [5.74, 6) is -0.0660. The summed E-state index contributed by atoms with van der Waals surface area (Å²) >= 11 is 3.04. The summed E-state index contributed by atoms with van der Waals surface area (Å²) in [6.45, 7) is 3.52. The van der Waals surface area contributed by atoms with Gasteiger partial charge in [0.15, 0.2) is 0 Å². The molecule has 0 aliphatic rings. The topological polar surface area (TPSA) is 113 Å². The van der Waals surface area contributed by atoms with Crippen LogP contribution in [-0.4, -0.2) is 19.9 Å². The molecule has 9 heteroatoms. The first kappa shape index (κ1) is 14.6. The van der Waals surface area contributed by atoms with Gasteiger partial charge in [-0.15, -0.1) is 0 Å². The van der Waals surface area contributed by atoms with E-state index in [4.69, 9.17) is 9.88 Å². The number of benzene rings is 1. The molecule has 0 amide bonds. The summed E-state index contributed by atoms with van der Waals surface area (Å²) in [5, 5.41) is 15.5. The Balaban J connectivity index is 3.26. The molecule has 0 saturated heterocycles. The van der Waals surface area contributed by atoms with Crippen LogP contribution in [0.25, 0.3) is 0 Å². The molecule has 0 bridgehead atoms. The number of non-ortho nitro benzene ring substituents is 1. The van der Waals surface area contributed by atoms with Crippen LogP contribution >= 0.6 is 15.9 Å². The highest BCUT2D eigenvalue weighted by atomic mass is 79.9. The van der Waals surface area contributed by atoms with Crippen molar-refractivity contribution in [2.45, 2.75) is 4.90 Å². The Morgan fingerprint density at radius 1 is 1.56 bits per heavy atom. The van der Waals surface area contributed by atoms with Gasteiger partial charge in [-0.3, -0.25) is 10.1 Å². The van der Waals surface area contributed by atoms with Gasteiger partial charge in [-0.2, -0.15) is 0 Å². The van der Waals surface area contributed by atoms with Crippen LogP contribution in [0.1, 0.15) is 0 Å². The van der Waals surface area contributed by atoms with Crippen LogP contribution in [0.5, 0.6) is 5.75 Å².